The number of aryl methyl sites for hydroxylation is 1. The molecule has 0 spiro atoms. The summed E-state index contributed by atoms with van der Waals surface area (Å²) >= 11 is 5.58. The first-order chi connectivity index (χ1) is 7.06. The first-order valence-corrected chi connectivity index (χ1v) is 5.79. The van der Waals surface area contributed by atoms with Crippen LogP contribution in [0.1, 0.15) is 47.7 Å². The molecule has 0 aromatic heterocycles. The molecule has 2 heteroatoms. The van der Waals surface area contributed by atoms with Crippen LogP contribution in [-0.4, -0.2) is 11.7 Å². The third kappa shape index (κ3) is 3.07. The average Bonchev–Trinajstić information content (AvgIpc) is 2.18. The van der Waals surface area contributed by atoms with E-state index in [9.17, 15) is 4.79 Å². The lowest BCUT2D eigenvalue weighted by atomic mass is 9.95. The molecule has 1 nitrogen and oxygen atoms in total. The van der Waals surface area contributed by atoms with Gasteiger partial charge in [-0.15, -0.1) is 11.6 Å². The lowest BCUT2D eigenvalue weighted by Crippen LogP contribution is -2.04. The van der Waals surface area contributed by atoms with E-state index in [-0.39, 0.29) is 5.78 Å². The minimum Gasteiger partial charge on any atom is -0.294 e. The van der Waals surface area contributed by atoms with E-state index < -0.39 is 0 Å². The van der Waals surface area contributed by atoms with Crippen LogP contribution in [0.25, 0.3) is 0 Å². The van der Waals surface area contributed by atoms with Gasteiger partial charge in [-0.1, -0.05) is 26.0 Å². The molecule has 0 amide bonds. The Morgan fingerprint density at radius 3 is 2.60 bits per heavy atom. The van der Waals surface area contributed by atoms with Gasteiger partial charge in [-0.2, -0.15) is 0 Å². The molecule has 1 aromatic carbocycles. The molecule has 15 heavy (non-hydrogen) atoms. The van der Waals surface area contributed by atoms with E-state index in [1.54, 1.807) is 0 Å². The van der Waals surface area contributed by atoms with Gasteiger partial charge in [0.25, 0.3) is 0 Å². The predicted molar refractivity (Wildman–Crippen MR) is 64.9 cm³/mol. The number of alkyl halides is 1. The van der Waals surface area contributed by atoms with E-state index in [4.69, 9.17) is 11.6 Å². The molecule has 0 heterocycles. The maximum atomic E-state index is 11.8. The van der Waals surface area contributed by atoms with Crippen LogP contribution in [-0.2, 0) is 0 Å². The van der Waals surface area contributed by atoms with Gasteiger partial charge in [0.05, 0.1) is 0 Å². The van der Waals surface area contributed by atoms with Crippen molar-refractivity contribution in [2.24, 2.45) is 0 Å². The highest BCUT2D eigenvalue weighted by Crippen LogP contribution is 2.19. The molecule has 0 aliphatic heterocycles. The average molecular weight is 225 g/mol. The smallest absolute Gasteiger partial charge is 0.164 e. The van der Waals surface area contributed by atoms with Gasteiger partial charge in [0, 0.05) is 17.9 Å². The molecule has 0 atom stereocenters. The van der Waals surface area contributed by atoms with Crippen LogP contribution in [0.5, 0.6) is 0 Å². The first kappa shape index (κ1) is 12.3. The molecule has 0 saturated carbocycles. The second kappa shape index (κ2) is 5.32. The van der Waals surface area contributed by atoms with E-state index in [2.05, 4.69) is 19.9 Å². The molecule has 1 rings (SSSR count). The van der Waals surface area contributed by atoms with Crippen molar-refractivity contribution in [1.29, 1.82) is 0 Å². The van der Waals surface area contributed by atoms with Gasteiger partial charge in [0.1, 0.15) is 0 Å². The molecular formula is C13H17ClO. The topological polar surface area (TPSA) is 17.1 Å². The van der Waals surface area contributed by atoms with E-state index in [0.29, 0.717) is 18.2 Å². The Kier molecular flexibility index (Phi) is 4.34. The van der Waals surface area contributed by atoms with Crippen LogP contribution in [0.2, 0.25) is 0 Å². The summed E-state index contributed by atoms with van der Waals surface area (Å²) in [6.07, 6.45) is 0.421. The fraction of sp³-hybridized carbons (Fsp3) is 0.462. The number of hydrogen-bond acceptors (Lipinski definition) is 1. The molecule has 82 valence electrons. The standard InChI is InChI=1S/C13H17ClO/c1-9(2)11-5-4-10(3)12(8-11)13(15)6-7-14/h4-5,8-9H,6-7H2,1-3H3. The largest absolute Gasteiger partial charge is 0.294 e. The van der Waals surface area contributed by atoms with Crippen LogP contribution in [0.3, 0.4) is 0 Å². The maximum absolute atomic E-state index is 11.8. The molecule has 0 saturated heterocycles. The normalized spacial score (nSPS) is 10.7. The van der Waals surface area contributed by atoms with Gasteiger partial charge >= 0.3 is 0 Å². The summed E-state index contributed by atoms with van der Waals surface area (Å²) in [7, 11) is 0. The highest BCUT2D eigenvalue weighted by atomic mass is 35.5. The van der Waals surface area contributed by atoms with E-state index in [0.717, 1.165) is 11.1 Å². The zero-order chi connectivity index (χ0) is 11.4. The molecule has 0 unspecified atom stereocenters. The van der Waals surface area contributed by atoms with Crippen molar-refractivity contribution < 1.29 is 4.79 Å². The van der Waals surface area contributed by atoms with Crippen LogP contribution >= 0.6 is 11.6 Å². The number of carbonyl (C=O) groups is 1. The molecule has 0 radical (unpaired) electrons. The summed E-state index contributed by atoms with van der Waals surface area (Å²) in [5, 5.41) is 0. The van der Waals surface area contributed by atoms with Crippen LogP contribution in [0.15, 0.2) is 18.2 Å². The van der Waals surface area contributed by atoms with Crippen molar-refractivity contribution in [3.63, 3.8) is 0 Å². The Morgan fingerprint density at radius 2 is 2.07 bits per heavy atom. The molecule has 0 aliphatic carbocycles. The van der Waals surface area contributed by atoms with Crippen LogP contribution in [0.4, 0.5) is 0 Å². The van der Waals surface area contributed by atoms with Crippen molar-refractivity contribution in [3.8, 4) is 0 Å². The van der Waals surface area contributed by atoms with Gasteiger partial charge in [0.2, 0.25) is 0 Å². The minimum atomic E-state index is 0.144. The molecule has 1 aromatic rings. The number of carbonyl (C=O) groups excluding carboxylic acids is 1. The SMILES string of the molecule is Cc1ccc(C(C)C)cc1C(=O)CCCl. The minimum absolute atomic E-state index is 0.144. The second-order valence-corrected chi connectivity index (χ2v) is 4.47. The summed E-state index contributed by atoms with van der Waals surface area (Å²) in [5.41, 5.74) is 3.06. The molecular weight excluding hydrogens is 208 g/mol. The second-order valence-electron chi connectivity index (χ2n) is 4.09. The Morgan fingerprint density at radius 1 is 1.40 bits per heavy atom. The monoisotopic (exact) mass is 224 g/mol. The number of halogens is 1. The molecule has 0 N–H and O–H groups in total. The Balaban J connectivity index is 3.05. The fourth-order valence-electron chi connectivity index (χ4n) is 1.52. The van der Waals surface area contributed by atoms with Gasteiger partial charge in [-0.05, 0) is 30.0 Å². The number of ketones is 1. The molecule has 0 fully saturated rings. The van der Waals surface area contributed by atoms with Crippen molar-refractivity contribution in [2.75, 3.05) is 5.88 Å². The summed E-state index contributed by atoms with van der Waals surface area (Å²) < 4.78 is 0. The summed E-state index contributed by atoms with van der Waals surface area (Å²) in [6, 6.07) is 6.09. The van der Waals surface area contributed by atoms with Crippen molar-refractivity contribution >= 4 is 17.4 Å². The van der Waals surface area contributed by atoms with Gasteiger partial charge < -0.3 is 0 Å². The van der Waals surface area contributed by atoms with Crippen molar-refractivity contribution in [2.45, 2.75) is 33.1 Å². The summed E-state index contributed by atoms with van der Waals surface area (Å²) in [6.45, 7) is 6.21. The first-order valence-electron chi connectivity index (χ1n) is 5.26. The zero-order valence-corrected chi connectivity index (χ0v) is 10.3. The van der Waals surface area contributed by atoms with E-state index >= 15 is 0 Å². The Hall–Kier alpha value is -0.820. The summed E-state index contributed by atoms with van der Waals surface area (Å²) in [5.74, 6) is 0.989. The number of Topliss-reactive ketones (excluding diaryl/α,β-unsaturated/α-hetero) is 1. The van der Waals surface area contributed by atoms with E-state index in [1.807, 2.05) is 19.1 Å². The Bertz CT molecular complexity index is 356. The third-order valence-electron chi connectivity index (χ3n) is 2.55. The maximum Gasteiger partial charge on any atom is 0.164 e. The zero-order valence-electron chi connectivity index (χ0n) is 9.51. The van der Waals surface area contributed by atoms with Gasteiger partial charge in [-0.3, -0.25) is 4.79 Å². The quantitative estimate of drug-likeness (QED) is 0.560. The number of rotatable bonds is 4. The highest BCUT2D eigenvalue weighted by Gasteiger charge is 2.10. The lowest BCUT2D eigenvalue weighted by Gasteiger charge is -2.10. The third-order valence-corrected chi connectivity index (χ3v) is 2.74. The number of hydrogen-bond donors (Lipinski definition) is 0. The molecule has 0 bridgehead atoms. The van der Waals surface area contributed by atoms with Crippen LogP contribution in [0, 0.1) is 6.92 Å². The lowest BCUT2D eigenvalue weighted by molar-refractivity contribution is 0.0988. The highest BCUT2D eigenvalue weighted by molar-refractivity contribution is 6.19. The Labute approximate surface area is 96.5 Å². The van der Waals surface area contributed by atoms with Crippen molar-refractivity contribution in [3.05, 3.63) is 34.9 Å². The summed E-state index contributed by atoms with van der Waals surface area (Å²) in [4.78, 5) is 11.8. The van der Waals surface area contributed by atoms with Crippen LogP contribution < -0.4 is 0 Å². The van der Waals surface area contributed by atoms with E-state index in [1.165, 1.54) is 5.56 Å². The predicted octanol–water partition coefficient (Wildman–Crippen LogP) is 3.93. The molecule has 0 aliphatic rings. The van der Waals surface area contributed by atoms with Gasteiger partial charge in [-0.25, -0.2) is 0 Å². The fourth-order valence-corrected chi connectivity index (χ4v) is 1.69. The van der Waals surface area contributed by atoms with Gasteiger partial charge in [0.15, 0.2) is 5.78 Å². The number of benzene rings is 1. The van der Waals surface area contributed by atoms with Crippen molar-refractivity contribution in [1.82, 2.24) is 0 Å².